The Morgan fingerprint density at radius 1 is 1.14 bits per heavy atom. The van der Waals surface area contributed by atoms with E-state index in [1.54, 1.807) is 12.1 Å². The van der Waals surface area contributed by atoms with Gasteiger partial charge in [0.2, 0.25) is 10.0 Å². The summed E-state index contributed by atoms with van der Waals surface area (Å²) in [5.74, 6) is 1.13. The van der Waals surface area contributed by atoms with Gasteiger partial charge in [-0.2, -0.15) is 0 Å². The van der Waals surface area contributed by atoms with Gasteiger partial charge in [0.15, 0.2) is 5.78 Å². The molecule has 21 heavy (non-hydrogen) atoms. The molecule has 0 saturated heterocycles. The minimum absolute atomic E-state index is 0.0665. The fraction of sp³-hybridized carbons (Fsp3) is 0.562. The number of hydrogen-bond donors (Lipinski definition) is 1. The van der Waals surface area contributed by atoms with E-state index in [9.17, 15) is 13.2 Å². The van der Waals surface area contributed by atoms with Crippen LogP contribution in [0.4, 0.5) is 0 Å². The van der Waals surface area contributed by atoms with Crippen molar-refractivity contribution in [1.82, 2.24) is 4.72 Å². The van der Waals surface area contributed by atoms with Crippen LogP contribution in [0.2, 0.25) is 0 Å². The largest absolute Gasteiger partial charge is 0.295 e. The Morgan fingerprint density at radius 2 is 1.71 bits per heavy atom. The first-order valence-electron chi connectivity index (χ1n) is 7.49. The molecule has 0 heterocycles. The second kappa shape index (κ2) is 6.71. The lowest BCUT2D eigenvalue weighted by atomic mass is 9.83. The minimum Gasteiger partial charge on any atom is -0.295 e. The fourth-order valence-corrected chi connectivity index (χ4v) is 3.83. The van der Waals surface area contributed by atoms with Crippen LogP contribution in [0.5, 0.6) is 0 Å². The summed E-state index contributed by atoms with van der Waals surface area (Å²) in [6.45, 7) is 4.21. The molecule has 1 saturated carbocycles. The van der Waals surface area contributed by atoms with Crippen molar-refractivity contribution in [3.05, 3.63) is 29.8 Å². The highest BCUT2D eigenvalue weighted by Gasteiger charge is 2.21. The lowest BCUT2D eigenvalue weighted by Gasteiger charge is -2.26. The molecule has 1 aliphatic carbocycles. The van der Waals surface area contributed by atoms with Crippen molar-refractivity contribution in [3.8, 4) is 0 Å². The van der Waals surface area contributed by atoms with Gasteiger partial charge < -0.3 is 0 Å². The van der Waals surface area contributed by atoms with Crippen LogP contribution in [-0.2, 0) is 10.0 Å². The number of rotatable bonds is 5. The molecule has 0 atom stereocenters. The van der Waals surface area contributed by atoms with E-state index in [4.69, 9.17) is 0 Å². The Hall–Kier alpha value is -1.20. The highest BCUT2D eigenvalue weighted by molar-refractivity contribution is 7.89. The van der Waals surface area contributed by atoms with Gasteiger partial charge in [0, 0.05) is 12.1 Å². The number of nitrogens with one attached hydrogen (secondary N) is 1. The number of carbonyl (C=O) groups excluding carboxylic acids is 1. The predicted octanol–water partition coefficient (Wildman–Crippen LogP) is 2.99. The van der Waals surface area contributed by atoms with Crippen molar-refractivity contribution in [2.75, 3.05) is 6.54 Å². The highest BCUT2D eigenvalue weighted by atomic mass is 32.2. The third-order valence-electron chi connectivity index (χ3n) is 4.27. The molecule has 2 rings (SSSR count). The molecule has 0 amide bonds. The molecule has 1 N–H and O–H groups in total. The fourth-order valence-electron chi connectivity index (χ4n) is 2.71. The highest BCUT2D eigenvalue weighted by Crippen LogP contribution is 2.28. The van der Waals surface area contributed by atoms with Gasteiger partial charge in [-0.1, -0.05) is 31.9 Å². The van der Waals surface area contributed by atoms with Gasteiger partial charge in [-0.25, -0.2) is 13.1 Å². The van der Waals surface area contributed by atoms with Gasteiger partial charge in [-0.05, 0) is 43.7 Å². The second-order valence-corrected chi connectivity index (χ2v) is 7.83. The van der Waals surface area contributed by atoms with Crippen LogP contribution < -0.4 is 4.72 Å². The summed E-state index contributed by atoms with van der Waals surface area (Å²) in [6, 6.07) is 6.09. The van der Waals surface area contributed by atoms with Crippen LogP contribution in [0.25, 0.3) is 0 Å². The van der Waals surface area contributed by atoms with Gasteiger partial charge >= 0.3 is 0 Å². The Bertz CT molecular complexity index is 584. The van der Waals surface area contributed by atoms with Gasteiger partial charge in [0.05, 0.1) is 4.90 Å². The Kier molecular flexibility index (Phi) is 5.17. The van der Waals surface area contributed by atoms with Crippen molar-refractivity contribution < 1.29 is 13.2 Å². The number of hydrogen-bond acceptors (Lipinski definition) is 3. The molecule has 1 aliphatic rings. The zero-order valence-electron chi connectivity index (χ0n) is 12.6. The average Bonchev–Trinajstić information content (AvgIpc) is 2.47. The van der Waals surface area contributed by atoms with Crippen molar-refractivity contribution >= 4 is 15.8 Å². The van der Waals surface area contributed by atoms with E-state index in [0.717, 1.165) is 18.8 Å². The van der Waals surface area contributed by atoms with Crippen LogP contribution in [0.1, 0.15) is 49.9 Å². The molecule has 4 nitrogen and oxygen atoms in total. The first kappa shape index (κ1) is 16.2. The van der Waals surface area contributed by atoms with E-state index in [1.807, 2.05) is 0 Å². The molecular formula is C16H23NO3S. The van der Waals surface area contributed by atoms with E-state index in [2.05, 4.69) is 11.6 Å². The van der Waals surface area contributed by atoms with E-state index in [0.29, 0.717) is 18.0 Å². The summed E-state index contributed by atoms with van der Waals surface area (Å²) in [5.41, 5.74) is 0.523. The molecule has 0 aliphatic heterocycles. The number of benzene rings is 1. The van der Waals surface area contributed by atoms with Crippen LogP contribution in [0, 0.1) is 11.8 Å². The van der Waals surface area contributed by atoms with Crippen molar-refractivity contribution in [1.29, 1.82) is 0 Å². The monoisotopic (exact) mass is 309 g/mol. The molecule has 0 bridgehead atoms. The first-order chi connectivity index (χ1) is 9.88. The number of ketones is 1. The third kappa shape index (κ3) is 4.38. The minimum atomic E-state index is -3.48. The summed E-state index contributed by atoms with van der Waals surface area (Å²) in [6.07, 6.45) is 4.54. The van der Waals surface area contributed by atoms with Crippen molar-refractivity contribution in [2.24, 2.45) is 11.8 Å². The SMILES string of the molecule is CC(=O)c1ccc(S(=O)(=O)NCC2CCC(C)CC2)cc1. The molecule has 0 aromatic heterocycles. The summed E-state index contributed by atoms with van der Waals surface area (Å²) in [5, 5.41) is 0. The van der Waals surface area contributed by atoms with Crippen LogP contribution in [0.15, 0.2) is 29.2 Å². The number of sulfonamides is 1. The van der Waals surface area contributed by atoms with E-state index < -0.39 is 10.0 Å². The van der Waals surface area contributed by atoms with Gasteiger partial charge in [-0.15, -0.1) is 0 Å². The Labute approximate surface area is 127 Å². The lowest BCUT2D eigenvalue weighted by molar-refractivity contribution is 0.101. The number of carbonyl (C=O) groups is 1. The van der Waals surface area contributed by atoms with Crippen LogP contribution in [0.3, 0.4) is 0 Å². The topological polar surface area (TPSA) is 63.2 Å². The summed E-state index contributed by atoms with van der Waals surface area (Å²) >= 11 is 0. The van der Waals surface area contributed by atoms with Crippen LogP contribution >= 0.6 is 0 Å². The average molecular weight is 309 g/mol. The molecule has 0 unspecified atom stereocenters. The van der Waals surface area contributed by atoms with E-state index in [-0.39, 0.29) is 10.7 Å². The maximum atomic E-state index is 12.2. The molecule has 5 heteroatoms. The predicted molar refractivity (Wildman–Crippen MR) is 82.8 cm³/mol. The Balaban J connectivity index is 1.96. The van der Waals surface area contributed by atoms with E-state index >= 15 is 0 Å². The van der Waals surface area contributed by atoms with Gasteiger partial charge in [0.1, 0.15) is 0 Å². The molecule has 116 valence electrons. The zero-order valence-corrected chi connectivity index (χ0v) is 13.4. The number of Topliss-reactive ketones (excluding diaryl/α,β-unsaturated/α-hetero) is 1. The van der Waals surface area contributed by atoms with E-state index in [1.165, 1.54) is 31.9 Å². The molecule has 1 fully saturated rings. The molecule has 1 aromatic carbocycles. The molecule has 0 radical (unpaired) electrons. The zero-order chi connectivity index (χ0) is 15.5. The third-order valence-corrected chi connectivity index (χ3v) is 5.71. The molecule has 0 spiro atoms. The normalized spacial score (nSPS) is 23.0. The quantitative estimate of drug-likeness (QED) is 0.850. The van der Waals surface area contributed by atoms with Crippen molar-refractivity contribution in [2.45, 2.75) is 44.4 Å². The lowest BCUT2D eigenvalue weighted by Crippen LogP contribution is -2.31. The Morgan fingerprint density at radius 3 is 2.24 bits per heavy atom. The second-order valence-electron chi connectivity index (χ2n) is 6.06. The standard InChI is InChI=1S/C16H23NO3S/c1-12-3-5-14(6-4-12)11-17-21(19,20)16-9-7-15(8-10-16)13(2)18/h7-10,12,14,17H,3-6,11H2,1-2H3. The van der Waals surface area contributed by atoms with Crippen molar-refractivity contribution in [3.63, 3.8) is 0 Å². The summed E-state index contributed by atoms with van der Waals surface area (Å²) in [4.78, 5) is 11.4. The molecule has 1 aromatic rings. The smallest absolute Gasteiger partial charge is 0.240 e. The first-order valence-corrected chi connectivity index (χ1v) is 8.97. The summed E-state index contributed by atoms with van der Waals surface area (Å²) < 4.78 is 27.1. The summed E-state index contributed by atoms with van der Waals surface area (Å²) in [7, 11) is -3.48. The van der Waals surface area contributed by atoms with Gasteiger partial charge in [-0.3, -0.25) is 4.79 Å². The maximum Gasteiger partial charge on any atom is 0.240 e. The maximum absolute atomic E-state index is 12.2. The molecular weight excluding hydrogens is 286 g/mol. The van der Waals surface area contributed by atoms with Gasteiger partial charge in [0.25, 0.3) is 0 Å². The van der Waals surface area contributed by atoms with Crippen LogP contribution in [-0.4, -0.2) is 20.7 Å².